The minimum atomic E-state index is -0.543. The largest absolute Gasteiger partial charge is 0.468 e. The standard InChI is InChI=1S/C19H25N3O2/c1-3-17-20-10-12-22(17)14-13-21-11-9-19(15-21,18(23)24-2)16-7-5-4-6-8-16/h4-8,10,12H,3,9,11,13-15H2,1-2H3. The molecule has 1 aliphatic heterocycles. The Morgan fingerprint density at radius 1 is 1.29 bits per heavy atom. The molecule has 1 saturated heterocycles. The van der Waals surface area contributed by atoms with Crippen molar-refractivity contribution in [2.75, 3.05) is 26.7 Å². The quantitative estimate of drug-likeness (QED) is 0.764. The lowest BCUT2D eigenvalue weighted by Gasteiger charge is -2.27. The lowest BCUT2D eigenvalue weighted by Crippen LogP contribution is -2.40. The highest BCUT2D eigenvalue weighted by molar-refractivity contribution is 5.84. The first-order chi connectivity index (χ1) is 11.7. The van der Waals surface area contributed by atoms with Crippen LogP contribution in [0.3, 0.4) is 0 Å². The van der Waals surface area contributed by atoms with Gasteiger partial charge in [0.15, 0.2) is 0 Å². The van der Waals surface area contributed by atoms with E-state index in [1.807, 2.05) is 42.7 Å². The zero-order chi connectivity index (χ0) is 17.0. The Labute approximate surface area is 143 Å². The van der Waals surface area contributed by atoms with Gasteiger partial charge in [-0.3, -0.25) is 4.79 Å². The van der Waals surface area contributed by atoms with Crippen LogP contribution in [0.4, 0.5) is 0 Å². The predicted octanol–water partition coefficient (Wildman–Crippen LogP) is 2.26. The molecule has 1 unspecified atom stereocenters. The summed E-state index contributed by atoms with van der Waals surface area (Å²) in [5, 5.41) is 0. The Kier molecular flexibility index (Phi) is 5.00. The Morgan fingerprint density at radius 3 is 2.79 bits per heavy atom. The Morgan fingerprint density at radius 2 is 2.08 bits per heavy atom. The first-order valence-corrected chi connectivity index (χ1v) is 8.56. The van der Waals surface area contributed by atoms with E-state index in [4.69, 9.17) is 4.74 Å². The summed E-state index contributed by atoms with van der Waals surface area (Å²) in [7, 11) is 1.48. The van der Waals surface area contributed by atoms with E-state index in [1.54, 1.807) is 0 Å². The molecule has 3 rings (SSSR count). The molecule has 0 radical (unpaired) electrons. The monoisotopic (exact) mass is 327 g/mol. The molecule has 0 saturated carbocycles. The maximum Gasteiger partial charge on any atom is 0.317 e. The molecule has 5 heteroatoms. The van der Waals surface area contributed by atoms with Crippen LogP contribution in [0.2, 0.25) is 0 Å². The normalized spacial score (nSPS) is 21.1. The minimum Gasteiger partial charge on any atom is -0.468 e. The minimum absolute atomic E-state index is 0.131. The number of carbonyl (C=O) groups excluding carboxylic acids is 1. The smallest absolute Gasteiger partial charge is 0.317 e. The van der Waals surface area contributed by atoms with E-state index in [2.05, 4.69) is 21.4 Å². The zero-order valence-corrected chi connectivity index (χ0v) is 14.4. The molecule has 5 nitrogen and oxygen atoms in total. The van der Waals surface area contributed by atoms with Crippen molar-refractivity contribution in [3.05, 3.63) is 54.1 Å². The predicted molar refractivity (Wildman–Crippen MR) is 92.8 cm³/mol. The summed E-state index contributed by atoms with van der Waals surface area (Å²) in [5.74, 6) is 0.976. The number of hydrogen-bond acceptors (Lipinski definition) is 4. The lowest BCUT2D eigenvalue weighted by atomic mass is 9.79. The summed E-state index contributed by atoms with van der Waals surface area (Å²) in [6, 6.07) is 10.0. The highest BCUT2D eigenvalue weighted by Gasteiger charge is 2.46. The molecular formula is C19H25N3O2. The number of imidazole rings is 1. The molecule has 0 spiro atoms. The summed E-state index contributed by atoms with van der Waals surface area (Å²) in [6.45, 7) is 5.54. The van der Waals surface area contributed by atoms with Gasteiger partial charge in [0, 0.05) is 38.4 Å². The number of aryl methyl sites for hydroxylation is 1. The Bertz CT molecular complexity index is 683. The fraction of sp³-hybridized carbons (Fsp3) is 0.474. The fourth-order valence-electron chi connectivity index (χ4n) is 3.66. The van der Waals surface area contributed by atoms with E-state index in [9.17, 15) is 4.79 Å². The van der Waals surface area contributed by atoms with Gasteiger partial charge in [-0.1, -0.05) is 37.3 Å². The van der Waals surface area contributed by atoms with Gasteiger partial charge in [-0.25, -0.2) is 4.98 Å². The number of nitrogens with zero attached hydrogens (tertiary/aromatic N) is 3. The van der Waals surface area contributed by atoms with Gasteiger partial charge in [-0.2, -0.15) is 0 Å². The van der Waals surface area contributed by atoms with Crippen LogP contribution >= 0.6 is 0 Å². The number of rotatable bonds is 6. The van der Waals surface area contributed by atoms with Crippen LogP contribution in [0.15, 0.2) is 42.7 Å². The average molecular weight is 327 g/mol. The second-order valence-corrected chi connectivity index (χ2v) is 6.36. The number of carbonyl (C=O) groups is 1. The zero-order valence-electron chi connectivity index (χ0n) is 14.4. The van der Waals surface area contributed by atoms with Crippen LogP contribution in [0.1, 0.15) is 24.7 Å². The second-order valence-electron chi connectivity index (χ2n) is 6.36. The molecule has 24 heavy (non-hydrogen) atoms. The number of ether oxygens (including phenoxy) is 1. The Balaban J connectivity index is 1.72. The fourth-order valence-corrected chi connectivity index (χ4v) is 3.66. The van der Waals surface area contributed by atoms with Crippen LogP contribution in [-0.2, 0) is 27.9 Å². The van der Waals surface area contributed by atoms with Gasteiger partial charge in [0.05, 0.1) is 7.11 Å². The van der Waals surface area contributed by atoms with Crippen LogP contribution < -0.4 is 0 Å². The first kappa shape index (κ1) is 16.7. The van der Waals surface area contributed by atoms with Crippen molar-refractivity contribution in [3.63, 3.8) is 0 Å². The summed E-state index contributed by atoms with van der Waals surface area (Å²) in [6.07, 6.45) is 5.61. The topological polar surface area (TPSA) is 47.4 Å². The van der Waals surface area contributed by atoms with Crippen molar-refractivity contribution in [2.45, 2.75) is 31.7 Å². The van der Waals surface area contributed by atoms with Gasteiger partial charge in [-0.05, 0) is 18.5 Å². The molecule has 1 fully saturated rings. The van der Waals surface area contributed by atoms with Crippen molar-refractivity contribution in [1.29, 1.82) is 0 Å². The van der Waals surface area contributed by atoms with Crippen molar-refractivity contribution in [3.8, 4) is 0 Å². The summed E-state index contributed by atoms with van der Waals surface area (Å²) in [4.78, 5) is 19.3. The number of methoxy groups -OCH3 is 1. The van der Waals surface area contributed by atoms with Crippen molar-refractivity contribution in [2.24, 2.45) is 0 Å². The van der Waals surface area contributed by atoms with Crippen molar-refractivity contribution in [1.82, 2.24) is 14.5 Å². The molecule has 2 aromatic rings. The van der Waals surface area contributed by atoms with Crippen LogP contribution in [0.5, 0.6) is 0 Å². The second kappa shape index (κ2) is 7.18. The van der Waals surface area contributed by atoms with Gasteiger partial charge < -0.3 is 14.2 Å². The molecule has 1 atom stereocenters. The molecule has 128 valence electrons. The third-order valence-corrected chi connectivity index (χ3v) is 5.03. The number of aromatic nitrogens is 2. The lowest BCUT2D eigenvalue weighted by molar-refractivity contribution is -0.147. The van der Waals surface area contributed by atoms with Crippen LogP contribution in [0, 0.1) is 0 Å². The number of esters is 1. The molecule has 1 aromatic carbocycles. The van der Waals surface area contributed by atoms with Crippen molar-refractivity contribution < 1.29 is 9.53 Å². The molecule has 0 aliphatic carbocycles. The maximum atomic E-state index is 12.6. The van der Waals surface area contributed by atoms with Crippen LogP contribution in [-0.4, -0.2) is 47.2 Å². The van der Waals surface area contributed by atoms with E-state index in [0.29, 0.717) is 6.54 Å². The van der Waals surface area contributed by atoms with E-state index in [0.717, 1.165) is 43.9 Å². The molecule has 0 amide bonds. The number of benzene rings is 1. The summed E-state index contributed by atoms with van der Waals surface area (Å²) < 4.78 is 7.34. The van der Waals surface area contributed by atoms with Gasteiger partial charge in [0.2, 0.25) is 0 Å². The van der Waals surface area contributed by atoms with Gasteiger partial charge >= 0.3 is 5.97 Å². The van der Waals surface area contributed by atoms with Gasteiger partial charge in [-0.15, -0.1) is 0 Å². The number of likely N-dealkylation sites (tertiary alicyclic amines) is 1. The van der Waals surface area contributed by atoms with E-state index in [-0.39, 0.29) is 5.97 Å². The summed E-state index contributed by atoms with van der Waals surface area (Å²) >= 11 is 0. The summed E-state index contributed by atoms with van der Waals surface area (Å²) in [5.41, 5.74) is 0.509. The van der Waals surface area contributed by atoms with E-state index in [1.165, 1.54) is 7.11 Å². The van der Waals surface area contributed by atoms with E-state index < -0.39 is 5.41 Å². The van der Waals surface area contributed by atoms with Gasteiger partial charge in [0.1, 0.15) is 11.2 Å². The third-order valence-electron chi connectivity index (χ3n) is 5.03. The van der Waals surface area contributed by atoms with Gasteiger partial charge in [0.25, 0.3) is 0 Å². The maximum absolute atomic E-state index is 12.6. The Hall–Kier alpha value is -2.14. The number of hydrogen-bond donors (Lipinski definition) is 0. The molecule has 0 bridgehead atoms. The van der Waals surface area contributed by atoms with Crippen molar-refractivity contribution >= 4 is 5.97 Å². The molecule has 2 heterocycles. The molecule has 0 N–H and O–H groups in total. The third kappa shape index (κ3) is 3.08. The van der Waals surface area contributed by atoms with E-state index >= 15 is 0 Å². The highest BCUT2D eigenvalue weighted by Crippen LogP contribution is 2.35. The van der Waals surface area contributed by atoms with Crippen LogP contribution in [0.25, 0.3) is 0 Å². The molecular weight excluding hydrogens is 302 g/mol. The SMILES string of the molecule is CCc1nccn1CCN1CCC(C(=O)OC)(c2ccccc2)C1. The first-order valence-electron chi connectivity index (χ1n) is 8.56. The molecule has 1 aliphatic rings. The average Bonchev–Trinajstić information content (AvgIpc) is 3.27. The molecule has 1 aromatic heterocycles. The highest BCUT2D eigenvalue weighted by atomic mass is 16.5.